The van der Waals surface area contributed by atoms with E-state index in [0.29, 0.717) is 34.8 Å². The van der Waals surface area contributed by atoms with Crippen LogP contribution >= 0.6 is 15.9 Å². The van der Waals surface area contributed by atoms with Gasteiger partial charge in [-0.1, -0.05) is 0 Å². The van der Waals surface area contributed by atoms with Crippen LogP contribution in [0.2, 0.25) is 0 Å². The summed E-state index contributed by atoms with van der Waals surface area (Å²) in [7, 11) is 1.63. The molecule has 0 fully saturated rings. The Kier molecular flexibility index (Phi) is 4.77. The van der Waals surface area contributed by atoms with Crippen LogP contribution in [0.4, 0.5) is 5.69 Å². The van der Waals surface area contributed by atoms with Gasteiger partial charge in [0.2, 0.25) is 0 Å². The Morgan fingerprint density at radius 1 is 1.46 bits per heavy atom. The van der Waals surface area contributed by atoms with E-state index in [-0.39, 0.29) is 11.9 Å². The maximum absolute atomic E-state index is 12.7. The van der Waals surface area contributed by atoms with Gasteiger partial charge in [-0.2, -0.15) is 5.10 Å². The van der Waals surface area contributed by atoms with Crippen LogP contribution in [0.1, 0.15) is 30.4 Å². The number of anilines is 1. The van der Waals surface area contributed by atoms with Gasteiger partial charge in [0, 0.05) is 38.0 Å². The van der Waals surface area contributed by atoms with Gasteiger partial charge >= 0.3 is 0 Å². The van der Waals surface area contributed by atoms with E-state index in [0.717, 1.165) is 5.52 Å². The fraction of sp³-hybridized carbons (Fsp3) is 0.375. The average molecular weight is 395 g/mol. The van der Waals surface area contributed by atoms with Gasteiger partial charge in [0.05, 0.1) is 24.0 Å². The molecule has 0 aromatic carbocycles. The molecule has 1 amide bonds. The first-order valence-corrected chi connectivity index (χ1v) is 8.42. The van der Waals surface area contributed by atoms with Gasteiger partial charge in [0.25, 0.3) is 5.91 Å². The lowest BCUT2D eigenvalue weighted by molar-refractivity contribution is 0.101. The summed E-state index contributed by atoms with van der Waals surface area (Å²) in [4.78, 5) is 12.7. The number of hydrogen-bond donors (Lipinski definition) is 1. The van der Waals surface area contributed by atoms with Crippen molar-refractivity contribution < 1.29 is 13.9 Å². The molecule has 0 spiro atoms. The van der Waals surface area contributed by atoms with E-state index in [2.05, 4.69) is 26.3 Å². The highest BCUT2D eigenvalue weighted by atomic mass is 79.9. The molecular formula is C16H19BrN4O3. The molecule has 0 aliphatic heterocycles. The number of methoxy groups -OCH3 is 1. The third kappa shape index (κ3) is 3.25. The molecule has 0 atom stereocenters. The summed E-state index contributed by atoms with van der Waals surface area (Å²) in [6.45, 7) is 5.11. The van der Waals surface area contributed by atoms with Crippen molar-refractivity contribution in [1.82, 2.24) is 14.3 Å². The average Bonchev–Trinajstić information content (AvgIpc) is 3.19. The number of amides is 1. The molecule has 3 aromatic rings. The lowest BCUT2D eigenvalue weighted by Crippen LogP contribution is -2.18. The Balaban J connectivity index is 1.88. The lowest BCUT2D eigenvalue weighted by atomic mass is 10.3. The molecule has 0 saturated heterocycles. The maximum atomic E-state index is 12.7. The van der Waals surface area contributed by atoms with Crippen molar-refractivity contribution >= 4 is 38.6 Å². The van der Waals surface area contributed by atoms with Crippen molar-refractivity contribution in [3.8, 4) is 0 Å². The van der Waals surface area contributed by atoms with Gasteiger partial charge in [0.1, 0.15) is 5.69 Å². The number of hydrogen-bond acceptors (Lipinski definition) is 4. The first-order chi connectivity index (χ1) is 11.5. The van der Waals surface area contributed by atoms with Crippen molar-refractivity contribution in [2.45, 2.75) is 26.4 Å². The van der Waals surface area contributed by atoms with Crippen LogP contribution in [0.3, 0.4) is 0 Å². The largest absolute Gasteiger partial charge is 0.448 e. The van der Waals surface area contributed by atoms with Crippen molar-refractivity contribution in [2.24, 2.45) is 0 Å². The van der Waals surface area contributed by atoms with E-state index in [1.807, 2.05) is 30.7 Å². The normalized spacial score (nSPS) is 11.5. The molecule has 128 valence electrons. The quantitative estimate of drug-likeness (QED) is 0.691. The number of fused-ring (bicyclic) bond motifs is 1. The van der Waals surface area contributed by atoms with E-state index in [1.54, 1.807) is 24.1 Å². The van der Waals surface area contributed by atoms with Crippen LogP contribution in [0.15, 0.2) is 33.6 Å². The van der Waals surface area contributed by atoms with Crippen molar-refractivity contribution in [3.63, 3.8) is 0 Å². The summed E-state index contributed by atoms with van der Waals surface area (Å²) in [5.41, 5.74) is 2.68. The van der Waals surface area contributed by atoms with Gasteiger partial charge in [-0.15, -0.1) is 0 Å². The summed E-state index contributed by atoms with van der Waals surface area (Å²) < 4.78 is 15.0. The Morgan fingerprint density at radius 2 is 2.25 bits per heavy atom. The molecule has 0 unspecified atom stereocenters. The Bertz CT molecular complexity index is 862. The van der Waals surface area contributed by atoms with E-state index < -0.39 is 0 Å². The van der Waals surface area contributed by atoms with E-state index in [9.17, 15) is 4.79 Å². The minimum Gasteiger partial charge on any atom is -0.448 e. The van der Waals surface area contributed by atoms with Gasteiger partial charge in [0.15, 0.2) is 10.3 Å². The zero-order valence-corrected chi connectivity index (χ0v) is 15.3. The van der Waals surface area contributed by atoms with Gasteiger partial charge in [-0.25, -0.2) is 0 Å². The minimum atomic E-state index is -0.211. The van der Waals surface area contributed by atoms with Gasteiger partial charge in [-0.3, -0.25) is 9.48 Å². The van der Waals surface area contributed by atoms with Crippen LogP contribution in [0, 0.1) is 0 Å². The second kappa shape index (κ2) is 6.82. The lowest BCUT2D eigenvalue weighted by Gasteiger charge is -2.09. The number of carbonyl (C=O) groups is 1. The highest BCUT2D eigenvalue weighted by Gasteiger charge is 2.19. The van der Waals surface area contributed by atoms with Crippen LogP contribution in [0.5, 0.6) is 0 Å². The highest BCUT2D eigenvalue weighted by Crippen LogP contribution is 2.27. The predicted octanol–water partition coefficient (Wildman–Crippen LogP) is 3.67. The minimum absolute atomic E-state index is 0.211. The molecule has 0 saturated carbocycles. The first-order valence-electron chi connectivity index (χ1n) is 7.62. The molecule has 8 heteroatoms. The molecular weight excluding hydrogens is 376 g/mol. The number of aromatic nitrogens is 3. The first kappa shape index (κ1) is 16.8. The van der Waals surface area contributed by atoms with Crippen LogP contribution in [-0.4, -0.2) is 34.0 Å². The maximum Gasteiger partial charge on any atom is 0.272 e. The van der Waals surface area contributed by atoms with Crippen LogP contribution in [-0.2, 0) is 11.3 Å². The molecule has 0 aliphatic rings. The van der Waals surface area contributed by atoms with E-state index >= 15 is 0 Å². The number of rotatable bonds is 6. The standard InChI is InChI=1S/C16H19BrN4O3/c1-10(2)21-9-11(8-18-21)19-16(22)13-6-14-12(7-15(17)24-14)20(13)4-5-23-3/h6-10H,4-5H2,1-3H3,(H,19,22). The fourth-order valence-electron chi connectivity index (χ4n) is 2.50. The number of ether oxygens (including phenoxy) is 1. The Labute approximate surface area is 147 Å². The zero-order chi connectivity index (χ0) is 17.3. The van der Waals surface area contributed by atoms with Crippen LogP contribution < -0.4 is 5.32 Å². The summed E-state index contributed by atoms with van der Waals surface area (Å²) in [5, 5.41) is 7.11. The third-order valence-electron chi connectivity index (χ3n) is 3.70. The fourth-order valence-corrected chi connectivity index (χ4v) is 2.89. The number of furan rings is 1. The molecule has 1 N–H and O–H groups in total. The second-order valence-electron chi connectivity index (χ2n) is 5.73. The molecule has 24 heavy (non-hydrogen) atoms. The molecule has 0 bridgehead atoms. The molecule has 3 rings (SSSR count). The third-order valence-corrected chi connectivity index (χ3v) is 4.09. The van der Waals surface area contributed by atoms with Crippen molar-refractivity contribution in [1.29, 1.82) is 0 Å². The summed E-state index contributed by atoms with van der Waals surface area (Å²) in [6, 6.07) is 3.82. The molecule has 0 radical (unpaired) electrons. The second-order valence-corrected chi connectivity index (χ2v) is 6.51. The zero-order valence-electron chi connectivity index (χ0n) is 13.7. The Morgan fingerprint density at radius 3 is 2.92 bits per heavy atom. The van der Waals surface area contributed by atoms with E-state index in [4.69, 9.17) is 9.15 Å². The molecule has 3 heterocycles. The number of halogens is 1. The highest BCUT2D eigenvalue weighted by molar-refractivity contribution is 9.10. The Hall–Kier alpha value is -2.06. The van der Waals surface area contributed by atoms with Gasteiger partial charge in [-0.05, 0) is 29.8 Å². The molecule has 7 nitrogen and oxygen atoms in total. The predicted molar refractivity (Wildman–Crippen MR) is 94.3 cm³/mol. The van der Waals surface area contributed by atoms with Crippen molar-refractivity contribution in [2.75, 3.05) is 19.0 Å². The monoisotopic (exact) mass is 394 g/mol. The van der Waals surface area contributed by atoms with Crippen LogP contribution in [0.25, 0.3) is 11.1 Å². The SMILES string of the molecule is COCCn1c(C(=O)Nc2cnn(C(C)C)c2)cc2oc(Br)cc21. The molecule has 0 aliphatic carbocycles. The van der Waals surface area contributed by atoms with Gasteiger partial charge < -0.3 is 19.0 Å². The smallest absolute Gasteiger partial charge is 0.272 e. The van der Waals surface area contributed by atoms with Crippen molar-refractivity contribution in [3.05, 3.63) is 34.9 Å². The summed E-state index contributed by atoms with van der Waals surface area (Å²) >= 11 is 3.31. The number of nitrogens with one attached hydrogen (secondary N) is 1. The number of nitrogens with zero attached hydrogens (tertiary/aromatic N) is 3. The topological polar surface area (TPSA) is 74.2 Å². The number of carbonyl (C=O) groups excluding carboxylic acids is 1. The molecule has 3 aromatic heterocycles. The summed E-state index contributed by atoms with van der Waals surface area (Å²) in [6.07, 6.45) is 3.45. The van der Waals surface area contributed by atoms with E-state index in [1.165, 1.54) is 0 Å². The summed E-state index contributed by atoms with van der Waals surface area (Å²) in [5.74, 6) is -0.211.